The summed E-state index contributed by atoms with van der Waals surface area (Å²) in [5.74, 6) is 0.116. The summed E-state index contributed by atoms with van der Waals surface area (Å²) in [7, 11) is 0. The van der Waals surface area contributed by atoms with E-state index in [1.807, 2.05) is 0 Å². The first kappa shape index (κ1) is 9.18. The van der Waals surface area contributed by atoms with E-state index in [1.54, 1.807) is 18.2 Å². The minimum atomic E-state index is -0.179. The number of hydrogen-bond acceptors (Lipinski definition) is 4. The molecule has 1 heterocycles. The Labute approximate surface area is 84.2 Å². The van der Waals surface area contributed by atoms with E-state index in [0.717, 1.165) is 11.0 Å². The van der Waals surface area contributed by atoms with Gasteiger partial charge in [-0.15, -0.1) is 11.3 Å². The van der Waals surface area contributed by atoms with Crippen LogP contribution in [0.15, 0.2) is 18.2 Å². The first-order chi connectivity index (χ1) is 6.76. The molecule has 3 nitrogen and oxygen atoms in total. The summed E-state index contributed by atoms with van der Waals surface area (Å²) < 4.78 is 0.816. The largest absolute Gasteiger partial charge is 0.506 e. The highest BCUT2D eigenvalue weighted by atomic mass is 32.1. The van der Waals surface area contributed by atoms with Gasteiger partial charge in [0.1, 0.15) is 12.0 Å². The number of carbonyl (C=O) groups is 1. The monoisotopic (exact) mass is 208 g/mol. The second-order valence-corrected chi connectivity index (χ2v) is 4.04. The van der Waals surface area contributed by atoms with Gasteiger partial charge in [0.2, 0.25) is 0 Å². The van der Waals surface area contributed by atoms with Crippen LogP contribution in [-0.4, -0.2) is 16.5 Å². The van der Waals surface area contributed by atoms with Crippen molar-refractivity contribution in [1.82, 2.24) is 0 Å². The fraction of sp³-hybridized carbons (Fsp3) is 0.100. The molecule has 14 heavy (non-hydrogen) atoms. The SMILES string of the molecule is O=Cc1ccc2c(O)c(CO)sc2c1. The van der Waals surface area contributed by atoms with Gasteiger partial charge in [0.25, 0.3) is 0 Å². The first-order valence-corrected chi connectivity index (χ1v) is 4.88. The van der Waals surface area contributed by atoms with Gasteiger partial charge in [0.15, 0.2) is 0 Å². The first-order valence-electron chi connectivity index (χ1n) is 4.06. The maximum absolute atomic E-state index is 10.5. The molecule has 0 aliphatic rings. The maximum Gasteiger partial charge on any atom is 0.150 e. The molecule has 0 fully saturated rings. The predicted octanol–water partition coefficient (Wildman–Crippen LogP) is 1.91. The fourth-order valence-corrected chi connectivity index (χ4v) is 2.34. The van der Waals surface area contributed by atoms with Gasteiger partial charge in [-0.1, -0.05) is 6.07 Å². The third-order valence-electron chi connectivity index (χ3n) is 2.04. The molecule has 0 atom stereocenters. The van der Waals surface area contributed by atoms with E-state index >= 15 is 0 Å². The van der Waals surface area contributed by atoms with Crippen LogP contribution in [0, 0.1) is 0 Å². The Kier molecular flexibility index (Phi) is 2.23. The molecule has 72 valence electrons. The Hall–Kier alpha value is -1.39. The molecule has 0 radical (unpaired) electrons. The molecule has 0 unspecified atom stereocenters. The van der Waals surface area contributed by atoms with Crippen molar-refractivity contribution in [3.05, 3.63) is 28.6 Å². The van der Waals surface area contributed by atoms with Crippen molar-refractivity contribution in [3.63, 3.8) is 0 Å². The van der Waals surface area contributed by atoms with Crippen molar-refractivity contribution >= 4 is 27.7 Å². The lowest BCUT2D eigenvalue weighted by molar-refractivity contribution is 0.112. The van der Waals surface area contributed by atoms with Gasteiger partial charge in [0.05, 0.1) is 11.5 Å². The molecule has 4 heteroatoms. The fourth-order valence-electron chi connectivity index (χ4n) is 1.33. The van der Waals surface area contributed by atoms with E-state index < -0.39 is 0 Å². The van der Waals surface area contributed by atoms with Crippen LogP contribution in [0.2, 0.25) is 0 Å². The Morgan fingerprint density at radius 2 is 2.21 bits per heavy atom. The molecule has 1 aromatic heterocycles. The smallest absolute Gasteiger partial charge is 0.150 e. The molecule has 0 amide bonds. The lowest BCUT2D eigenvalue weighted by Crippen LogP contribution is -1.76. The van der Waals surface area contributed by atoms with Crippen molar-refractivity contribution in [2.45, 2.75) is 6.61 Å². The van der Waals surface area contributed by atoms with Crippen molar-refractivity contribution in [1.29, 1.82) is 0 Å². The standard InChI is InChI=1S/C10H8O3S/c11-4-6-1-2-7-8(3-6)14-9(5-12)10(7)13/h1-4,12-13H,5H2. The lowest BCUT2D eigenvalue weighted by atomic mass is 10.2. The zero-order valence-electron chi connectivity index (χ0n) is 7.23. The summed E-state index contributed by atoms with van der Waals surface area (Å²) in [5.41, 5.74) is 0.572. The van der Waals surface area contributed by atoms with Gasteiger partial charge in [-0.05, 0) is 12.1 Å². The third kappa shape index (κ3) is 1.29. The number of thiophene rings is 1. The summed E-state index contributed by atoms with van der Waals surface area (Å²) in [6.45, 7) is -0.179. The molecule has 2 N–H and O–H groups in total. The second kappa shape index (κ2) is 3.40. The molecule has 0 aliphatic carbocycles. The highest BCUT2D eigenvalue weighted by Gasteiger charge is 2.10. The minimum Gasteiger partial charge on any atom is -0.506 e. The van der Waals surface area contributed by atoms with Crippen LogP contribution in [-0.2, 0) is 6.61 Å². The number of aliphatic hydroxyl groups is 1. The summed E-state index contributed by atoms with van der Waals surface area (Å²) in [6, 6.07) is 5.03. The number of benzene rings is 1. The lowest BCUT2D eigenvalue weighted by Gasteiger charge is -1.92. The summed E-state index contributed by atoms with van der Waals surface area (Å²) in [6.07, 6.45) is 0.759. The van der Waals surface area contributed by atoms with E-state index in [4.69, 9.17) is 5.11 Å². The molecule has 0 bridgehead atoms. The zero-order chi connectivity index (χ0) is 10.1. The third-order valence-corrected chi connectivity index (χ3v) is 3.16. The van der Waals surface area contributed by atoms with E-state index in [1.165, 1.54) is 11.3 Å². The van der Waals surface area contributed by atoms with Crippen LogP contribution in [0.5, 0.6) is 5.75 Å². The normalized spacial score (nSPS) is 10.6. The maximum atomic E-state index is 10.5. The van der Waals surface area contributed by atoms with Crippen LogP contribution in [0.25, 0.3) is 10.1 Å². The van der Waals surface area contributed by atoms with Crippen LogP contribution in [0.3, 0.4) is 0 Å². The number of hydrogen-bond donors (Lipinski definition) is 2. The average molecular weight is 208 g/mol. The van der Waals surface area contributed by atoms with E-state index in [-0.39, 0.29) is 12.4 Å². The van der Waals surface area contributed by atoms with E-state index in [0.29, 0.717) is 15.8 Å². The van der Waals surface area contributed by atoms with Crippen molar-refractivity contribution in [2.75, 3.05) is 0 Å². The number of fused-ring (bicyclic) bond motifs is 1. The summed E-state index contributed by atoms with van der Waals surface area (Å²) >= 11 is 1.29. The number of rotatable bonds is 2. The van der Waals surface area contributed by atoms with Crippen LogP contribution < -0.4 is 0 Å². The number of aldehydes is 1. The molecule has 0 saturated carbocycles. The highest BCUT2D eigenvalue weighted by molar-refractivity contribution is 7.19. The highest BCUT2D eigenvalue weighted by Crippen LogP contribution is 2.36. The van der Waals surface area contributed by atoms with Crippen LogP contribution in [0.4, 0.5) is 0 Å². The van der Waals surface area contributed by atoms with Crippen molar-refractivity contribution in [3.8, 4) is 5.75 Å². The topological polar surface area (TPSA) is 57.5 Å². The van der Waals surface area contributed by atoms with E-state index in [9.17, 15) is 9.90 Å². The van der Waals surface area contributed by atoms with Crippen LogP contribution >= 0.6 is 11.3 Å². The quantitative estimate of drug-likeness (QED) is 0.741. The number of carbonyl (C=O) groups excluding carboxylic acids is 1. The van der Waals surface area contributed by atoms with Crippen molar-refractivity contribution < 1.29 is 15.0 Å². The number of aromatic hydroxyl groups is 1. The zero-order valence-corrected chi connectivity index (χ0v) is 8.04. The van der Waals surface area contributed by atoms with Gasteiger partial charge in [-0.3, -0.25) is 4.79 Å². The predicted molar refractivity (Wildman–Crippen MR) is 54.8 cm³/mol. The molecular formula is C10H8O3S. The molecular weight excluding hydrogens is 200 g/mol. The van der Waals surface area contributed by atoms with Crippen molar-refractivity contribution in [2.24, 2.45) is 0 Å². The Morgan fingerprint density at radius 1 is 1.43 bits per heavy atom. The van der Waals surface area contributed by atoms with Gasteiger partial charge in [-0.2, -0.15) is 0 Å². The average Bonchev–Trinajstić information content (AvgIpc) is 2.55. The Bertz CT molecular complexity index is 487. The van der Waals surface area contributed by atoms with Gasteiger partial charge >= 0.3 is 0 Å². The van der Waals surface area contributed by atoms with Gasteiger partial charge in [-0.25, -0.2) is 0 Å². The second-order valence-electron chi connectivity index (χ2n) is 2.91. The number of aliphatic hydroxyl groups excluding tert-OH is 1. The molecule has 0 aliphatic heterocycles. The molecule has 2 aromatic rings. The molecule has 1 aromatic carbocycles. The van der Waals surface area contributed by atoms with Crippen LogP contribution in [0.1, 0.15) is 15.2 Å². The van der Waals surface area contributed by atoms with Gasteiger partial charge < -0.3 is 10.2 Å². The molecule has 0 spiro atoms. The van der Waals surface area contributed by atoms with E-state index in [2.05, 4.69) is 0 Å². The molecule has 2 rings (SSSR count). The Balaban J connectivity index is 2.72. The Morgan fingerprint density at radius 3 is 2.86 bits per heavy atom. The minimum absolute atomic E-state index is 0.116. The van der Waals surface area contributed by atoms with Gasteiger partial charge in [0, 0.05) is 15.6 Å². The molecule has 0 saturated heterocycles. The summed E-state index contributed by atoms with van der Waals surface area (Å²) in [5, 5.41) is 19.2. The summed E-state index contributed by atoms with van der Waals surface area (Å²) in [4.78, 5) is 11.0.